The third kappa shape index (κ3) is 3.61. The molecule has 0 saturated heterocycles. The van der Waals surface area contributed by atoms with E-state index in [-0.39, 0.29) is 5.56 Å². The summed E-state index contributed by atoms with van der Waals surface area (Å²) in [5.41, 5.74) is 7.34. The molecule has 0 aliphatic rings. The number of carboxylic acid groups (broad SMARTS) is 1. The van der Waals surface area contributed by atoms with Gasteiger partial charge in [-0.25, -0.2) is 4.79 Å². The van der Waals surface area contributed by atoms with Gasteiger partial charge >= 0.3 is 5.97 Å². The van der Waals surface area contributed by atoms with Crippen molar-refractivity contribution in [2.75, 3.05) is 5.32 Å². The summed E-state index contributed by atoms with van der Waals surface area (Å²) in [6, 6.07) is 11.9. The lowest BCUT2D eigenvalue weighted by Gasteiger charge is -2.11. The lowest BCUT2D eigenvalue weighted by atomic mass is 10.1. The molecular formula is C15H13BrN2O3. The van der Waals surface area contributed by atoms with Crippen LogP contribution in [0.5, 0.6) is 0 Å². The van der Waals surface area contributed by atoms with Crippen LogP contribution in [-0.4, -0.2) is 17.0 Å². The van der Waals surface area contributed by atoms with Crippen LogP contribution in [0.4, 0.5) is 5.69 Å². The fraction of sp³-hybridized carbons (Fsp3) is 0.0667. The Morgan fingerprint density at radius 3 is 2.57 bits per heavy atom. The van der Waals surface area contributed by atoms with Crippen molar-refractivity contribution < 1.29 is 14.7 Å². The molecule has 0 saturated carbocycles. The molecule has 0 bridgehead atoms. The van der Waals surface area contributed by atoms with E-state index in [0.29, 0.717) is 22.3 Å². The molecule has 2 rings (SSSR count). The number of rotatable bonds is 5. The van der Waals surface area contributed by atoms with Crippen molar-refractivity contribution in [3.63, 3.8) is 0 Å². The molecule has 0 radical (unpaired) electrons. The van der Waals surface area contributed by atoms with Gasteiger partial charge in [-0.1, -0.05) is 18.2 Å². The number of carbonyl (C=O) groups excluding carboxylic acids is 1. The molecule has 1 amide bonds. The van der Waals surface area contributed by atoms with Crippen molar-refractivity contribution in [1.29, 1.82) is 0 Å². The summed E-state index contributed by atoms with van der Waals surface area (Å²) in [5, 5.41) is 12.1. The number of amides is 1. The van der Waals surface area contributed by atoms with Crippen molar-refractivity contribution in [2.24, 2.45) is 5.73 Å². The summed E-state index contributed by atoms with van der Waals surface area (Å²) in [4.78, 5) is 22.4. The summed E-state index contributed by atoms with van der Waals surface area (Å²) in [5.74, 6) is -1.51. The highest BCUT2D eigenvalue weighted by Crippen LogP contribution is 2.24. The SMILES string of the molecule is NC(=O)c1c(Br)cccc1NCc1cccc(C(=O)O)c1. The van der Waals surface area contributed by atoms with Crippen molar-refractivity contribution >= 4 is 33.5 Å². The fourth-order valence-corrected chi connectivity index (χ4v) is 2.50. The van der Waals surface area contributed by atoms with Crippen LogP contribution in [0.2, 0.25) is 0 Å². The number of aromatic carboxylic acids is 1. The highest BCUT2D eigenvalue weighted by molar-refractivity contribution is 9.10. The number of anilines is 1. The molecule has 0 spiro atoms. The second kappa shape index (κ2) is 6.41. The number of primary amides is 1. The van der Waals surface area contributed by atoms with Crippen LogP contribution in [0, 0.1) is 0 Å². The first kappa shape index (κ1) is 15.1. The first-order valence-electron chi connectivity index (χ1n) is 6.13. The maximum absolute atomic E-state index is 11.5. The standard InChI is InChI=1S/C15H13BrN2O3/c16-11-5-2-6-12(13(11)14(17)19)18-8-9-3-1-4-10(7-9)15(20)21/h1-7,18H,8H2,(H2,17,19)(H,20,21). The summed E-state index contributed by atoms with van der Waals surface area (Å²) in [7, 11) is 0. The summed E-state index contributed by atoms with van der Waals surface area (Å²) in [6.45, 7) is 0.387. The van der Waals surface area contributed by atoms with E-state index in [1.165, 1.54) is 6.07 Å². The quantitative estimate of drug-likeness (QED) is 0.774. The predicted octanol–water partition coefficient (Wildman–Crippen LogP) is 2.86. The van der Waals surface area contributed by atoms with Gasteiger partial charge in [-0.2, -0.15) is 0 Å². The van der Waals surface area contributed by atoms with Crippen LogP contribution in [0.25, 0.3) is 0 Å². The zero-order valence-electron chi connectivity index (χ0n) is 11.0. The van der Waals surface area contributed by atoms with Gasteiger partial charge in [0.05, 0.1) is 11.1 Å². The molecule has 2 aromatic rings. The molecule has 0 heterocycles. The van der Waals surface area contributed by atoms with E-state index in [2.05, 4.69) is 21.2 Å². The van der Waals surface area contributed by atoms with Crippen molar-refractivity contribution in [3.8, 4) is 0 Å². The third-order valence-electron chi connectivity index (χ3n) is 2.92. The molecule has 0 fully saturated rings. The highest BCUT2D eigenvalue weighted by atomic mass is 79.9. The molecule has 0 aliphatic carbocycles. The number of benzene rings is 2. The highest BCUT2D eigenvalue weighted by Gasteiger charge is 2.12. The second-order valence-corrected chi connectivity index (χ2v) is 5.24. The molecule has 0 atom stereocenters. The topological polar surface area (TPSA) is 92.4 Å². The van der Waals surface area contributed by atoms with Crippen LogP contribution >= 0.6 is 15.9 Å². The first-order chi connectivity index (χ1) is 9.99. The van der Waals surface area contributed by atoms with E-state index < -0.39 is 11.9 Å². The Labute approximate surface area is 129 Å². The molecule has 21 heavy (non-hydrogen) atoms. The normalized spacial score (nSPS) is 10.1. The summed E-state index contributed by atoms with van der Waals surface area (Å²) in [6.07, 6.45) is 0. The molecule has 0 aromatic heterocycles. The van der Waals surface area contributed by atoms with Gasteiger partial charge in [-0.05, 0) is 45.8 Å². The lowest BCUT2D eigenvalue weighted by Crippen LogP contribution is -2.15. The predicted molar refractivity (Wildman–Crippen MR) is 83.4 cm³/mol. The molecule has 6 heteroatoms. The van der Waals surface area contributed by atoms with Crippen LogP contribution in [0.3, 0.4) is 0 Å². The Bertz CT molecular complexity index is 701. The number of nitrogens with one attached hydrogen (secondary N) is 1. The Kier molecular flexibility index (Phi) is 4.59. The van der Waals surface area contributed by atoms with Crippen molar-refractivity contribution in [2.45, 2.75) is 6.54 Å². The van der Waals surface area contributed by atoms with E-state index >= 15 is 0 Å². The Morgan fingerprint density at radius 2 is 1.90 bits per heavy atom. The van der Waals surface area contributed by atoms with E-state index in [0.717, 1.165) is 5.56 Å². The molecule has 4 N–H and O–H groups in total. The van der Waals surface area contributed by atoms with Crippen molar-refractivity contribution in [3.05, 3.63) is 63.6 Å². The third-order valence-corrected chi connectivity index (χ3v) is 3.58. The minimum atomic E-state index is -0.975. The van der Waals surface area contributed by atoms with Crippen LogP contribution in [0.15, 0.2) is 46.9 Å². The summed E-state index contributed by atoms with van der Waals surface area (Å²) < 4.78 is 0.610. The number of hydrogen-bond acceptors (Lipinski definition) is 3. The average molecular weight is 349 g/mol. The molecule has 108 valence electrons. The smallest absolute Gasteiger partial charge is 0.335 e. The number of carbonyl (C=O) groups is 2. The van der Waals surface area contributed by atoms with Gasteiger partial charge < -0.3 is 16.2 Å². The van der Waals surface area contributed by atoms with E-state index in [4.69, 9.17) is 10.8 Å². The van der Waals surface area contributed by atoms with Gasteiger partial charge in [-0.3, -0.25) is 4.79 Å². The van der Waals surface area contributed by atoms with Crippen molar-refractivity contribution in [1.82, 2.24) is 0 Å². The molecule has 2 aromatic carbocycles. The van der Waals surface area contributed by atoms with Crippen LogP contribution in [0.1, 0.15) is 26.3 Å². The first-order valence-corrected chi connectivity index (χ1v) is 6.93. The minimum absolute atomic E-state index is 0.221. The van der Waals surface area contributed by atoms with Gasteiger partial charge in [0.15, 0.2) is 0 Å². The monoisotopic (exact) mass is 348 g/mol. The Morgan fingerprint density at radius 1 is 1.19 bits per heavy atom. The minimum Gasteiger partial charge on any atom is -0.478 e. The van der Waals surface area contributed by atoms with E-state index in [9.17, 15) is 9.59 Å². The second-order valence-electron chi connectivity index (χ2n) is 4.39. The Hall–Kier alpha value is -2.34. The van der Waals surface area contributed by atoms with E-state index in [1.54, 1.807) is 36.4 Å². The molecule has 5 nitrogen and oxygen atoms in total. The maximum Gasteiger partial charge on any atom is 0.335 e. The van der Waals surface area contributed by atoms with Gasteiger partial charge in [0.25, 0.3) is 5.91 Å². The van der Waals surface area contributed by atoms with E-state index in [1.807, 2.05) is 0 Å². The average Bonchev–Trinajstić information content (AvgIpc) is 2.45. The van der Waals surface area contributed by atoms with Gasteiger partial charge in [0.1, 0.15) is 0 Å². The maximum atomic E-state index is 11.5. The molecular weight excluding hydrogens is 336 g/mol. The lowest BCUT2D eigenvalue weighted by molar-refractivity contribution is 0.0696. The number of carboxylic acids is 1. The van der Waals surface area contributed by atoms with Gasteiger partial charge in [0.2, 0.25) is 0 Å². The number of hydrogen-bond donors (Lipinski definition) is 3. The van der Waals surface area contributed by atoms with Crippen LogP contribution in [-0.2, 0) is 6.54 Å². The molecule has 0 aliphatic heterocycles. The largest absolute Gasteiger partial charge is 0.478 e. The van der Waals surface area contributed by atoms with Gasteiger partial charge in [0, 0.05) is 16.7 Å². The summed E-state index contributed by atoms with van der Waals surface area (Å²) >= 11 is 3.29. The number of halogens is 1. The zero-order chi connectivity index (χ0) is 15.4. The zero-order valence-corrected chi connectivity index (χ0v) is 12.6. The molecule has 0 unspecified atom stereocenters. The van der Waals surface area contributed by atoms with Gasteiger partial charge in [-0.15, -0.1) is 0 Å². The number of nitrogens with two attached hydrogens (primary N) is 1. The fourth-order valence-electron chi connectivity index (χ4n) is 1.93. The van der Waals surface area contributed by atoms with Crippen LogP contribution < -0.4 is 11.1 Å². The Balaban J connectivity index is 2.21.